The highest BCUT2D eigenvalue weighted by molar-refractivity contribution is 7.18. The minimum absolute atomic E-state index is 0.356. The van der Waals surface area contributed by atoms with Gasteiger partial charge in [-0.15, -0.1) is 11.3 Å². The van der Waals surface area contributed by atoms with Crippen LogP contribution >= 0.6 is 22.9 Å². The van der Waals surface area contributed by atoms with E-state index in [9.17, 15) is 0 Å². The van der Waals surface area contributed by atoms with Gasteiger partial charge >= 0.3 is 0 Å². The third kappa shape index (κ3) is 1.54. The zero-order chi connectivity index (χ0) is 10.4. The van der Waals surface area contributed by atoms with Gasteiger partial charge in [-0.3, -0.25) is 0 Å². The minimum atomic E-state index is 0.356. The lowest BCUT2D eigenvalue weighted by molar-refractivity contribution is 0.509. The molecule has 2 aromatic heterocycles. The maximum absolute atomic E-state index is 5.80. The van der Waals surface area contributed by atoms with Crippen LogP contribution in [-0.2, 0) is 12.8 Å². The van der Waals surface area contributed by atoms with E-state index >= 15 is 0 Å². The van der Waals surface area contributed by atoms with E-state index in [0.29, 0.717) is 5.28 Å². The number of nitrogens with zero attached hydrogens (tertiary/aromatic N) is 2. The van der Waals surface area contributed by atoms with E-state index < -0.39 is 0 Å². The van der Waals surface area contributed by atoms with Crippen molar-refractivity contribution >= 4 is 33.2 Å². The lowest BCUT2D eigenvalue weighted by atomic mass is 9.89. The Morgan fingerprint density at radius 3 is 3.27 bits per heavy atom. The fraction of sp³-hybridized carbons (Fsp3) is 0.455. The number of aromatic nitrogens is 2. The Morgan fingerprint density at radius 1 is 1.53 bits per heavy atom. The zero-order valence-electron chi connectivity index (χ0n) is 8.46. The number of hydrogen-bond donors (Lipinski definition) is 0. The van der Waals surface area contributed by atoms with Gasteiger partial charge in [-0.2, -0.15) is 0 Å². The first-order valence-electron chi connectivity index (χ1n) is 5.17. The van der Waals surface area contributed by atoms with E-state index in [-0.39, 0.29) is 0 Å². The molecule has 0 aliphatic heterocycles. The third-order valence-electron chi connectivity index (χ3n) is 3.03. The zero-order valence-corrected chi connectivity index (χ0v) is 10.0. The van der Waals surface area contributed by atoms with Crippen molar-refractivity contribution in [2.75, 3.05) is 0 Å². The summed E-state index contributed by atoms with van der Waals surface area (Å²) in [6, 6.07) is 0. The van der Waals surface area contributed by atoms with E-state index in [1.165, 1.54) is 35.1 Å². The molecule has 1 atom stereocenters. The van der Waals surface area contributed by atoms with E-state index in [1.807, 2.05) is 6.20 Å². The van der Waals surface area contributed by atoms with Crippen molar-refractivity contribution in [2.24, 2.45) is 5.92 Å². The van der Waals surface area contributed by atoms with Gasteiger partial charge in [0.15, 0.2) is 0 Å². The van der Waals surface area contributed by atoms with Crippen molar-refractivity contribution in [3.63, 3.8) is 0 Å². The molecule has 3 rings (SSSR count). The fourth-order valence-electron chi connectivity index (χ4n) is 2.21. The maximum atomic E-state index is 5.80. The fourth-order valence-corrected chi connectivity index (χ4v) is 3.75. The molecule has 2 aromatic rings. The van der Waals surface area contributed by atoms with E-state index in [0.717, 1.165) is 10.7 Å². The Bertz CT molecular complexity index is 521. The Labute approximate surface area is 97.3 Å². The quantitative estimate of drug-likeness (QED) is 0.657. The molecular formula is C11H11ClN2S. The van der Waals surface area contributed by atoms with E-state index in [2.05, 4.69) is 16.9 Å². The van der Waals surface area contributed by atoms with Gasteiger partial charge in [0, 0.05) is 16.5 Å². The first-order valence-corrected chi connectivity index (χ1v) is 6.36. The molecule has 2 heterocycles. The Kier molecular flexibility index (Phi) is 2.18. The summed E-state index contributed by atoms with van der Waals surface area (Å²) in [4.78, 5) is 10.9. The number of hydrogen-bond acceptors (Lipinski definition) is 3. The third-order valence-corrected chi connectivity index (χ3v) is 4.37. The van der Waals surface area contributed by atoms with E-state index in [4.69, 9.17) is 11.6 Å². The molecule has 0 N–H and O–H groups in total. The van der Waals surface area contributed by atoms with Gasteiger partial charge in [0.05, 0.1) is 0 Å². The van der Waals surface area contributed by atoms with Gasteiger partial charge in [-0.1, -0.05) is 6.92 Å². The van der Waals surface area contributed by atoms with Crippen molar-refractivity contribution in [3.8, 4) is 0 Å². The molecule has 0 saturated carbocycles. The molecule has 1 aliphatic carbocycles. The molecule has 0 saturated heterocycles. The minimum Gasteiger partial charge on any atom is -0.226 e. The number of rotatable bonds is 0. The molecule has 0 radical (unpaired) electrons. The Morgan fingerprint density at radius 2 is 2.40 bits per heavy atom. The summed E-state index contributed by atoms with van der Waals surface area (Å²) in [5.41, 5.74) is 1.46. The topological polar surface area (TPSA) is 25.8 Å². The van der Waals surface area contributed by atoms with Crippen LogP contribution in [0.5, 0.6) is 0 Å². The highest BCUT2D eigenvalue weighted by atomic mass is 35.5. The van der Waals surface area contributed by atoms with Crippen LogP contribution in [0.2, 0.25) is 5.28 Å². The summed E-state index contributed by atoms with van der Waals surface area (Å²) in [7, 11) is 0. The molecule has 2 nitrogen and oxygen atoms in total. The van der Waals surface area contributed by atoms with Gasteiger partial charge in [-0.05, 0) is 42.3 Å². The molecular weight excluding hydrogens is 228 g/mol. The van der Waals surface area contributed by atoms with Crippen LogP contribution < -0.4 is 0 Å². The maximum Gasteiger partial charge on any atom is 0.223 e. The van der Waals surface area contributed by atoms with Gasteiger partial charge in [0.25, 0.3) is 0 Å². The van der Waals surface area contributed by atoms with Crippen LogP contribution in [0.4, 0.5) is 0 Å². The predicted molar refractivity (Wildman–Crippen MR) is 63.6 cm³/mol. The lowest BCUT2D eigenvalue weighted by Gasteiger charge is -2.17. The largest absolute Gasteiger partial charge is 0.226 e. The predicted octanol–water partition coefficient (Wildman–Crippen LogP) is 3.47. The second kappa shape index (κ2) is 3.42. The molecule has 1 aliphatic rings. The van der Waals surface area contributed by atoms with Crippen molar-refractivity contribution in [3.05, 3.63) is 21.9 Å². The molecule has 78 valence electrons. The van der Waals surface area contributed by atoms with Crippen LogP contribution in [0.15, 0.2) is 6.20 Å². The molecule has 0 fully saturated rings. The average molecular weight is 239 g/mol. The molecule has 0 aromatic carbocycles. The van der Waals surface area contributed by atoms with Crippen LogP contribution in [0.3, 0.4) is 0 Å². The van der Waals surface area contributed by atoms with Crippen LogP contribution in [-0.4, -0.2) is 9.97 Å². The standard InChI is InChI=1S/C11H11ClN2S/c1-6-2-3-7-8-5-13-11(12)14-10(8)15-9(7)4-6/h5-6H,2-4H2,1H3. The lowest BCUT2D eigenvalue weighted by Crippen LogP contribution is -2.08. The van der Waals surface area contributed by atoms with Gasteiger partial charge in [0.2, 0.25) is 5.28 Å². The molecule has 4 heteroatoms. The van der Waals surface area contributed by atoms with Gasteiger partial charge in [0.1, 0.15) is 4.83 Å². The van der Waals surface area contributed by atoms with Gasteiger partial charge < -0.3 is 0 Å². The first-order chi connectivity index (χ1) is 7.24. The van der Waals surface area contributed by atoms with Crippen molar-refractivity contribution in [1.82, 2.24) is 9.97 Å². The van der Waals surface area contributed by atoms with E-state index in [1.54, 1.807) is 11.3 Å². The Balaban J connectivity index is 2.23. The molecule has 0 amide bonds. The second-order valence-electron chi connectivity index (χ2n) is 4.21. The number of halogens is 1. The van der Waals surface area contributed by atoms with Crippen molar-refractivity contribution in [2.45, 2.75) is 26.2 Å². The van der Waals surface area contributed by atoms with Crippen LogP contribution in [0.25, 0.3) is 10.2 Å². The average Bonchev–Trinajstić information content (AvgIpc) is 2.53. The SMILES string of the molecule is CC1CCc2c(sc3nc(Cl)ncc23)C1. The monoisotopic (exact) mass is 238 g/mol. The summed E-state index contributed by atoms with van der Waals surface area (Å²) in [6.45, 7) is 2.31. The van der Waals surface area contributed by atoms with Crippen molar-refractivity contribution < 1.29 is 0 Å². The summed E-state index contributed by atoms with van der Waals surface area (Å²) >= 11 is 7.58. The van der Waals surface area contributed by atoms with Gasteiger partial charge in [-0.25, -0.2) is 9.97 Å². The Hall–Kier alpha value is -0.670. The molecule has 15 heavy (non-hydrogen) atoms. The number of thiophene rings is 1. The first kappa shape index (κ1) is 9.55. The summed E-state index contributed by atoms with van der Waals surface area (Å²) in [6.07, 6.45) is 5.51. The molecule has 0 bridgehead atoms. The molecule has 0 spiro atoms. The van der Waals surface area contributed by atoms with Crippen LogP contribution in [0, 0.1) is 5.92 Å². The summed E-state index contributed by atoms with van der Waals surface area (Å²) in [5, 5.41) is 1.57. The summed E-state index contributed by atoms with van der Waals surface area (Å²) < 4.78 is 0. The molecule has 1 unspecified atom stereocenters. The van der Waals surface area contributed by atoms with Crippen molar-refractivity contribution in [1.29, 1.82) is 0 Å². The summed E-state index contributed by atoms with van der Waals surface area (Å²) in [5.74, 6) is 0.800. The van der Waals surface area contributed by atoms with Crippen LogP contribution in [0.1, 0.15) is 23.8 Å². The number of aryl methyl sites for hydroxylation is 1. The smallest absolute Gasteiger partial charge is 0.223 e. The highest BCUT2D eigenvalue weighted by Crippen LogP contribution is 2.36. The second-order valence-corrected chi connectivity index (χ2v) is 5.63. The highest BCUT2D eigenvalue weighted by Gasteiger charge is 2.20. The normalized spacial score (nSPS) is 20.5. The number of fused-ring (bicyclic) bond motifs is 3.